The van der Waals surface area contributed by atoms with Gasteiger partial charge in [-0.25, -0.2) is 0 Å². The van der Waals surface area contributed by atoms with Crippen molar-refractivity contribution in [3.8, 4) is 0 Å². The molecule has 1 atom stereocenters. The van der Waals surface area contributed by atoms with Crippen molar-refractivity contribution >= 4 is 17.2 Å². The molecule has 7 heteroatoms. The van der Waals surface area contributed by atoms with Gasteiger partial charge >= 0.3 is 0 Å². The average Bonchev–Trinajstić information content (AvgIpc) is 2.56. The van der Waals surface area contributed by atoms with Crippen LogP contribution in [0.25, 0.3) is 0 Å². The minimum Gasteiger partial charge on any atom is -0.511 e. The van der Waals surface area contributed by atoms with E-state index in [2.05, 4.69) is 5.16 Å². The number of allylic oxidation sites excluding steroid dienone is 2. The molecule has 0 aromatic heterocycles. The van der Waals surface area contributed by atoms with Crippen molar-refractivity contribution < 1.29 is 19.7 Å². The Morgan fingerprint density at radius 1 is 1.30 bits per heavy atom. The Morgan fingerprint density at radius 2 is 1.96 bits per heavy atom. The van der Waals surface area contributed by atoms with E-state index in [1.165, 1.54) is 0 Å². The molecule has 0 heterocycles. The van der Waals surface area contributed by atoms with Crippen LogP contribution < -0.4 is 0 Å². The molecule has 0 bridgehead atoms. The maximum Gasteiger partial charge on any atom is 0.275 e. The normalized spacial score (nSPS) is 18.0. The molecule has 27 heavy (non-hydrogen) atoms. The molecule has 1 aromatic carbocycles. The zero-order chi connectivity index (χ0) is 20.3. The van der Waals surface area contributed by atoms with Gasteiger partial charge in [0.25, 0.3) is 5.69 Å². The van der Waals surface area contributed by atoms with Gasteiger partial charge in [0.05, 0.1) is 16.2 Å². The first-order chi connectivity index (χ1) is 12.7. The third-order valence-electron chi connectivity index (χ3n) is 4.95. The van der Waals surface area contributed by atoms with Crippen LogP contribution >= 0.6 is 0 Å². The lowest BCUT2D eigenvalue weighted by atomic mass is 9.77. The van der Waals surface area contributed by atoms with Gasteiger partial charge in [-0.15, -0.1) is 0 Å². The zero-order valence-electron chi connectivity index (χ0n) is 16.5. The van der Waals surface area contributed by atoms with E-state index < -0.39 is 0 Å². The smallest absolute Gasteiger partial charge is 0.275 e. The Morgan fingerprint density at radius 3 is 2.48 bits per heavy atom. The number of carbonyl (C=O) groups is 1. The molecule has 0 saturated carbocycles. The summed E-state index contributed by atoms with van der Waals surface area (Å²) in [5.74, 6) is -0.546. The molecule has 1 N–H and O–H groups in total. The van der Waals surface area contributed by atoms with Gasteiger partial charge in [-0.05, 0) is 57.2 Å². The Kier molecular flexibility index (Phi) is 6.36. The Balaban J connectivity index is 2.50. The highest BCUT2D eigenvalue weighted by Crippen LogP contribution is 2.40. The van der Waals surface area contributed by atoms with Crippen LogP contribution in [0.5, 0.6) is 0 Å². The number of benzene rings is 1. The monoisotopic (exact) mass is 374 g/mol. The van der Waals surface area contributed by atoms with Gasteiger partial charge in [-0.2, -0.15) is 0 Å². The SMILES string of the molecule is CCO/N=C(/CC)C1=C(O)CC(c2c(C)cc(C)c([N+](=O)[O-])c2C)CC1=O. The van der Waals surface area contributed by atoms with Gasteiger partial charge in [0, 0.05) is 24.0 Å². The van der Waals surface area contributed by atoms with Gasteiger partial charge < -0.3 is 9.94 Å². The summed E-state index contributed by atoms with van der Waals surface area (Å²) in [6, 6.07) is 1.77. The van der Waals surface area contributed by atoms with Crippen molar-refractivity contribution in [2.45, 2.75) is 59.8 Å². The number of aliphatic hydroxyl groups is 1. The van der Waals surface area contributed by atoms with Crippen LogP contribution in [0.2, 0.25) is 0 Å². The van der Waals surface area contributed by atoms with E-state index in [0.29, 0.717) is 29.9 Å². The Bertz CT molecular complexity index is 839. The summed E-state index contributed by atoms with van der Waals surface area (Å²) in [6.07, 6.45) is 0.879. The van der Waals surface area contributed by atoms with Crippen molar-refractivity contribution in [2.24, 2.45) is 5.16 Å². The number of aliphatic hydroxyl groups excluding tert-OH is 1. The molecule has 0 aliphatic heterocycles. The average molecular weight is 374 g/mol. The second-order valence-corrected chi connectivity index (χ2v) is 6.81. The van der Waals surface area contributed by atoms with Gasteiger partial charge in [0.1, 0.15) is 12.4 Å². The molecule has 7 nitrogen and oxygen atoms in total. The summed E-state index contributed by atoms with van der Waals surface area (Å²) in [4.78, 5) is 28.9. The third-order valence-corrected chi connectivity index (χ3v) is 4.95. The number of oxime groups is 1. The summed E-state index contributed by atoms with van der Waals surface area (Å²) in [5, 5.41) is 26.0. The molecule has 1 unspecified atom stereocenters. The van der Waals surface area contributed by atoms with E-state index >= 15 is 0 Å². The minimum absolute atomic E-state index is 0.0291. The molecule has 146 valence electrons. The van der Waals surface area contributed by atoms with Gasteiger partial charge in [-0.3, -0.25) is 14.9 Å². The fraction of sp³-hybridized carbons (Fsp3) is 0.500. The van der Waals surface area contributed by atoms with Crippen molar-refractivity contribution in [2.75, 3.05) is 6.61 Å². The molecule has 0 amide bonds. The van der Waals surface area contributed by atoms with Crippen LogP contribution in [0.15, 0.2) is 22.6 Å². The van der Waals surface area contributed by atoms with Crippen molar-refractivity contribution in [3.05, 3.63) is 49.8 Å². The van der Waals surface area contributed by atoms with E-state index in [1.807, 2.05) is 13.8 Å². The topological polar surface area (TPSA) is 102 Å². The molecule has 0 fully saturated rings. The predicted molar refractivity (Wildman–Crippen MR) is 103 cm³/mol. The number of rotatable bonds is 6. The number of nitro groups is 1. The number of hydrogen-bond donors (Lipinski definition) is 1. The molecule has 0 radical (unpaired) electrons. The molecular weight excluding hydrogens is 348 g/mol. The Labute approximate surface area is 158 Å². The molecule has 2 rings (SSSR count). The summed E-state index contributed by atoms with van der Waals surface area (Å²) in [5.41, 5.74) is 3.54. The van der Waals surface area contributed by atoms with Crippen molar-refractivity contribution in [1.82, 2.24) is 0 Å². The van der Waals surface area contributed by atoms with Crippen LogP contribution in [-0.4, -0.2) is 28.1 Å². The molecule has 1 aliphatic rings. The highest BCUT2D eigenvalue weighted by atomic mass is 16.6. The lowest BCUT2D eigenvalue weighted by molar-refractivity contribution is -0.386. The largest absolute Gasteiger partial charge is 0.511 e. The van der Waals surface area contributed by atoms with E-state index in [-0.39, 0.29) is 46.5 Å². The van der Waals surface area contributed by atoms with E-state index in [0.717, 1.165) is 11.1 Å². The Hall–Kier alpha value is -2.70. The quantitative estimate of drug-likeness (QED) is 0.446. The summed E-state index contributed by atoms with van der Waals surface area (Å²) < 4.78 is 0. The third kappa shape index (κ3) is 4.02. The number of nitro benzene ring substituents is 1. The lowest BCUT2D eigenvalue weighted by Crippen LogP contribution is -2.24. The number of ketones is 1. The highest BCUT2D eigenvalue weighted by molar-refractivity contribution is 6.23. The lowest BCUT2D eigenvalue weighted by Gasteiger charge is -2.27. The van der Waals surface area contributed by atoms with Crippen LogP contribution in [0, 0.1) is 30.9 Å². The van der Waals surface area contributed by atoms with Crippen LogP contribution in [0.1, 0.15) is 61.3 Å². The first-order valence-corrected chi connectivity index (χ1v) is 9.12. The maximum absolute atomic E-state index is 12.8. The highest BCUT2D eigenvalue weighted by Gasteiger charge is 2.34. The van der Waals surface area contributed by atoms with Gasteiger partial charge in [0.15, 0.2) is 5.78 Å². The summed E-state index contributed by atoms with van der Waals surface area (Å²) in [7, 11) is 0. The standard InChI is InChI=1S/C20H26N2O5/c1-6-15(21-27-7-2)19-16(23)9-14(10-17(19)24)18-11(3)8-12(4)20(13(18)5)22(25)26/h8,14,23H,6-7,9-10H2,1-5H3/b21-15-. The molecule has 1 aromatic rings. The first-order valence-electron chi connectivity index (χ1n) is 9.12. The predicted octanol–water partition coefficient (Wildman–Crippen LogP) is 4.58. The fourth-order valence-corrected chi connectivity index (χ4v) is 3.95. The van der Waals surface area contributed by atoms with Crippen LogP contribution in [0.4, 0.5) is 5.69 Å². The maximum atomic E-state index is 12.8. The van der Waals surface area contributed by atoms with E-state index in [9.17, 15) is 20.0 Å². The summed E-state index contributed by atoms with van der Waals surface area (Å²) >= 11 is 0. The van der Waals surface area contributed by atoms with Gasteiger partial charge in [0.2, 0.25) is 0 Å². The van der Waals surface area contributed by atoms with E-state index in [1.54, 1.807) is 26.8 Å². The van der Waals surface area contributed by atoms with Gasteiger partial charge in [-0.1, -0.05) is 12.1 Å². The minimum atomic E-state index is -0.386. The summed E-state index contributed by atoms with van der Waals surface area (Å²) in [6.45, 7) is 9.31. The van der Waals surface area contributed by atoms with Crippen LogP contribution in [-0.2, 0) is 9.63 Å². The molecule has 0 spiro atoms. The number of carbonyl (C=O) groups excluding carboxylic acids is 1. The molecule has 1 aliphatic carbocycles. The second-order valence-electron chi connectivity index (χ2n) is 6.81. The van der Waals surface area contributed by atoms with E-state index in [4.69, 9.17) is 4.84 Å². The number of nitrogens with zero attached hydrogens (tertiary/aromatic N) is 2. The number of Topliss-reactive ketones (excluding diaryl/α,β-unsaturated/α-hetero) is 1. The van der Waals surface area contributed by atoms with Crippen LogP contribution in [0.3, 0.4) is 0 Å². The zero-order valence-corrected chi connectivity index (χ0v) is 16.5. The van der Waals surface area contributed by atoms with Crippen molar-refractivity contribution in [1.29, 1.82) is 0 Å². The molecule has 0 saturated heterocycles. The first kappa shape index (κ1) is 20.6. The van der Waals surface area contributed by atoms with Crippen molar-refractivity contribution in [3.63, 3.8) is 0 Å². The number of aryl methyl sites for hydroxylation is 2. The number of hydrogen-bond acceptors (Lipinski definition) is 6. The fourth-order valence-electron chi connectivity index (χ4n) is 3.95. The molecular formula is C20H26N2O5. The second kappa shape index (κ2) is 8.33.